The Hall–Kier alpha value is -0.860. The van der Waals surface area contributed by atoms with Crippen LogP contribution in [0.3, 0.4) is 0 Å². The second kappa shape index (κ2) is 4.82. The molecular formula is C6H3F11O3S. The first kappa shape index (κ1) is 20.1. The van der Waals surface area contributed by atoms with Gasteiger partial charge in [-0.1, -0.05) is 0 Å². The van der Waals surface area contributed by atoms with Crippen LogP contribution < -0.4 is 0 Å². The molecule has 0 bridgehead atoms. The molecule has 21 heavy (non-hydrogen) atoms. The number of rotatable bonds is 5. The van der Waals surface area contributed by atoms with Crippen molar-refractivity contribution in [2.24, 2.45) is 0 Å². The molecule has 0 fully saturated rings. The van der Waals surface area contributed by atoms with E-state index in [1.165, 1.54) is 0 Å². The minimum Gasteiger partial charge on any atom is -0.285 e. The summed E-state index contributed by atoms with van der Waals surface area (Å²) in [5.41, 5.74) is 0. The molecular weight excluding hydrogens is 361 g/mol. The number of hydrogen-bond donors (Lipinski definition) is 1. The van der Waals surface area contributed by atoms with Gasteiger partial charge in [0.15, 0.2) is 0 Å². The lowest BCUT2D eigenvalue weighted by Gasteiger charge is -2.36. The first-order valence-corrected chi connectivity index (χ1v) is 5.85. The largest absolute Gasteiger partial charge is 0.460 e. The highest BCUT2D eigenvalue weighted by Crippen LogP contribution is 2.57. The summed E-state index contributed by atoms with van der Waals surface area (Å²) in [5.74, 6) is -32.8. The number of hydrogen-bond acceptors (Lipinski definition) is 2. The highest BCUT2D eigenvalue weighted by atomic mass is 32.2. The van der Waals surface area contributed by atoms with Crippen molar-refractivity contribution in [3.8, 4) is 0 Å². The first-order chi connectivity index (χ1) is 8.71. The van der Waals surface area contributed by atoms with Gasteiger partial charge in [-0.2, -0.15) is 56.7 Å². The van der Waals surface area contributed by atoms with Crippen LogP contribution in [0.15, 0.2) is 0 Å². The maximum absolute atomic E-state index is 12.7. The Morgan fingerprint density at radius 3 is 1.24 bits per heavy atom. The highest BCUT2D eigenvalue weighted by Gasteiger charge is 2.87. The molecule has 0 aromatic heterocycles. The highest BCUT2D eigenvalue weighted by molar-refractivity contribution is 7.85. The summed E-state index contributed by atoms with van der Waals surface area (Å²) in [7, 11) is -6.10. The van der Waals surface area contributed by atoms with E-state index >= 15 is 0 Å². The molecule has 0 aromatic carbocycles. The Kier molecular flexibility index (Phi) is 4.62. The van der Waals surface area contributed by atoms with Crippen molar-refractivity contribution in [1.29, 1.82) is 0 Å². The molecule has 0 saturated heterocycles. The Bertz CT molecular complexity index is 491. The molecule has 0 heterocycles. The van der Waals surface area contributed by atoms with Gasteiger partial charge in [-0.15, -0.1) is 0 Å². The molecule has 15 heteroatoms. The summed E-state index contributed by atoms with van der Waals surface area (Å²) < 4.78 is 163. The number of alkyl halides is 11. The zero-order chi connectivity index (χ0) is 17.7. The third-order valence-electron chi connectivity index (χ3n) is 1.97. The molecule has 0 spiro atoms. The van der Waals surface area contributed by atoms with Gasteiger partial charge in [0, 0.05) is 0 Å². The molecule has 0 aliphatic rings. The van der Waals surface area contributed by atoms with Crippen molar-refractivity contribution >= 4 is 10.1 Å². The molecule has 0 saturated carbocycles. The average molecular weight is 364 g/mol. The van der Waals surface area contributed by atoms with Gasteiger partial charge in [0.1, 0.15) is 5.75 Å². The molecule has 3 nitrogen and oxygen atoms in total. The van der Waals surface area contributed by atoms with Crippen LogP contribution in [0.4, 0.5) is 48.3 Å². The standard InChI is InChI=1S/C6H3F11O3S/c7-2(8,1-21(18,19)20)3(9,10)4(11,12)5(13,14)6(15,16)17/h1H2,(H,18,19,20). The monoisotopic (exact) mass is 364 g/mol. The van der Waals surface area contributed by atoms with Crippen molar-refractivity contribution in [3.63, 3.8) is 0 Å². The van der Waals surface area contributed by atoms with E-state index < -0.39 is 45.7 Å². The second-order valence-corrected chi connectivity index (χ2v) is 5.10. The van der Waals surface area contributed by atoms with Gasteiger partial charge in [0.05, 0.1) is 0 Å². The van der Waals surface area contributed by atoms with Crippen LogP contribution >= 0.6 is 0 Å². The molecule has 1 N–H and O–H groups in total. The van der Waals surface area contributed by atoms with E-state index in [4.69, 9.17) is 4.55 Å². The fraction of sp³-hybridized carbons (Fsp3) is 1.00. The van der Waals surface area contributed by atoms with Gasteiger partial charge in [0.2, 0.25) is 0 Å². The molecule has 128 valence electrons. The van der Waals surface area contributed by atoms with Crippen LogP contribution in [0.5, 0.6) is 0 Å². The van der Waals surface area contributed by atoms with Crippen LogP contribution in [0.1, 0.15) is 0 Å². The summed E-state index contributed by atoms with van der Waals surface area (Å²) in [6.07, 6.45) is -7.33. The zero-order valence-electron chi connectivity index (χ0n) is 9.04. The van der Waals surface area contributed by atoms with Crippen molar-refractivity contribution in [2.45, 2.75) is 29.9 Å². The minimum atomic E-state index is -7.69. The van der Waals surface area contributed by atoms with Crippen LogP contribution in [-0.4, -0.2) is 48.6 Å². The summed E-state index contributed by atoms with van der Waals surface area (Å²) in [5, 5.41) is 0. The minimum absolute atomic E-state index is 3.49. The van der Waals surface area contributed by atoms with Crippen molar-refractivity contribution in [1.82, 2.24) is 0 Å². The van der Waals surface area contributed by atoms with Gasteiger partial charge in [-0.25, -0.2) is 0 Å². The lowest BCUT2D eigenvalue weighted by molar-refractivity contribution is -0.419. The molecule has 0 aromatic rings. The van der Waals surface area contributed by atoms with E-state index in [0.29, 0.717) is 0 Å². The molecule has 0 atom stereocenters. The Morgan fingerprint density at radius 1 is 0.667 bits per heavy atom. The van der Waals surface area contributed by atoms with Crippen molar-refractivity contribution in [2.75, 3.05) is 5.75 Å². The lowest BCUT2D eigenvalue weighted by Crippen LogP contribution is -2.67. The van der Waals surface area contributed by atoms with E-state index in [0.717, 1.165) is 0 Å². The number of halogens is 11. The van der Waals surface area contributed by atoms with Crippen molar-refractivity contribution in [3.05, 3.63) is 0 Å². The van der Waals surface area contributed by atoms with E-state index in [1.807, 2.05) is 0 Å². The lowest BCUT2D eigenvalue weighted by atomic mass is 9.99. The maximum atomic E-state index is 12.7. The Morgan fingerprint density at radius 2 is 1.00 bits per heavy atom. The predicted octanol–water partition coefficient (Wildman–Crippen LogP) is 2.98. The summed E-state index contributed by atoms with van der Waals surface area (Å²) in [6, 6.07) is 0. The van der Waals surface area contributed by atoms with Gasteiger partial charge in [0.25, 0.3) is 10.1 Å². The second-order valence-electron chi connectivity index (χ2n) is 3.65. The van der Waals surface area contributed by atoms with Gasteiger partial charge >= 0.3 is 29.9 Å². The average Bonchev–Trinajstić information content (AvgIpc) is 2.10. The molecule has 0 unspecified atom stereocenters. The van der Waals surface area contributed by atoms with E-state index in [-0.39, 0.29) is 0 Å². The van der Waals surface area contributed by atoms with Gasteiger partial charge in [-0.05, 0) is 0 Å². The Balaban J connectivity index is 6.00. The van der Waals surface area contributed by atoms with Crippen LogP contribution in [0.25, 0.3) is 0 Å². The molecule has 0 aliphatic carbocycles. The van der Waals surface area contributed by atoms with Gasteiger partial charge in [-0.3, -0.25) is 4.55 Å². The van der Waals surface area contributed by atoms with Crippen LogP contribution in [-0.2, 0) is 10.1 Å². The normalized spacial score (nSPS) is 16.2. The summed E-state index contributed by atoms with van der Waals surface area (Å²) in [6.45, 7) is 0. The topological polar surface area (TPSA) is 54.4 Å². The first-order valence-electron chi connectivity index (χ1n) is 4.24. The van der Waals surface area contributed by atoms with E-state index in [2.05, 4.69) is 0 Å². The van der Waals surface area contributed by atoms with Crippen LogP contribution in [0.2, 0.25) is 0 Å². The summed E-state index contributed by atoms with van der Waals surface area (Å²) >= 11 is 0. The quantitative estimate of drug-likeness (QED) is 0.603. The molecule has 0 rings (SSSR count). The molecule has 0 aliphatic heterocycles. The van der Waals surface area contributed by atoms with Crippen molar-refractivity contribution < 1.29 is 61.3 Å². The SMILES string of the molecule is O=S(=O)(O)CC(F)(F)C(F)(F)C(F)(F)C(F)(F)C(F)(F)F. The Labute approximate surface area is 108 Å². The van der Waals surface area contributed by atoms with Gasteiger partial charge < -0.3 is 0 Å². The summed E-state index contributed by atoms with van der Waals surface area (Å²) in [4.78, 5) is 0. The fourth-order valence-electron chi connectivity index (χ4n) is 0.925. The maximum Gasteiger partial charge on any atom is 0.460 e. The van der Waals surface area contributed by atoms with Crippen LogP contribution in [0, 0.1) is 0 Å². The van der Waals surface area contributed by atoms with E-state index in [9.17, 15) is 56.7 Å². The molecule has 0 radical (unpaired) electrons. The van der Waals surface area contributed by atoms with E-state index in [1.54, 1.807) is 0 Å². The third-order valence-corrected chi connectivity index (χ3v) is 2.70. The zero-order valence-corrected chi connectivity index (χ0v) is 9.85. The molecule has 0 amide bonds. The smallest absolute Gasteiger partial charge is 0.285 e. The third kappa shape index (κ3) is 3.32. The fourth-order valence-corrected chi connectivity index (χ4v) is 1.56. The predicted molar refractivity (Wildman–Crippen MR) is 42.3 cm³/mol.